The fourth-order valence-corrected chi connectivity index (χ4v) is 3.38. The molecule has 0 unspecified atom stereocenters. The number of pyridine rings is 1. The van der Waals surface area contributed by atoms with E-state index in [1.54, 1.807) is 18.3 Å². The third-order valence-electron chi connectivity index (χ3n) is 4.64. The van der Waals surface area contributed by atoms with E-state index in [1.165, 1.54) is 0 Å². The molecule has 4 rings (SSSR count). The second kappa shape index (κ2) is 7.75. The van der Waals surface area contributed by atoms with Gasteiger partial charge >= 0.3 is 6.03 Å². The van der Waals surface area contributed by atoms with E-state index < -0.39 is 0 Å². The fourth-order valence-electron chi connectivity index (χ4n) is 3.19. The van der Waals surface area contributed by atoms with Crippen molar-refractivity contribution in [3.63, 3.8) is 0 Å². The Morgan fingerprint density at radius 2 is 1.96 bits per heavy atom. The number of nitrogens with zero attached hydrogens (tertiary/aromatic N) is 5. The minimum absolute atomic E-state index is 0.108. The van der Waals surface area contributed by atoms with Crippen LogP contribution in [0.1, 0.15) is 18.9 Å². The van der Waals surface area contributed by atoms with E-state index in [9.17, 15) is 4.79 Å². The molecule has 1 saturated heterocycles. The highest BCUT2D eigenvalue weighted by Gasteiger charge is 2.25. The van der Waals surface area contributed by atoms with Crippen molar-refractivity contribution in [2.75, 3.05) is 18.4 Å². The van der Waals surface area contributed by atoms with Crippen molar-refractivity contribution in [1.29, 1.82) is 0 Å². The topological polar surface area (TPSA) is 75.9 Å². The Morgan fingerprint density at radius 3 is 2.70 bits per heavy atom. The molecule has 0 saturated carbocycles. The van der Waals surface area contributed by atoms with Crippen LogP contribution in [-0.4, -0.2) is 44.0 Å². The quantitative estimate of drug-likeness (QED) is 0.746. The number of rotatable bonds is 3. The average molecular weight is 383 g/mol. The van der Waals surface area contributed by atoms with E-state index in [4.69, 9.17) is 11.6 Å². The summed E-state index contributed by atoms with van der Waals surface area (Å²) >= 11 is 5.96. The lowest BCUT2D eigenvalue weighted by Crippen LogP contribution is -2.41. The molecule has 27 heavy (non-hydrogen) atoms. The van der Waals surface area contributed by atoms with Crippen LogP contribution in [0.3, 0.4) is 0 Å². The Bertz CT molecular complexity index is 921. The number of hydrogen-bond acceptors (Lipinski definition) is 4. The first-order chi connectivity index (χ1) is 13.2. The second-order valence-electron chi connectivity index (χ2n) is 6.46. The molecular formula is C19H19ClN6O. The molecule has 0 spiro atoms. The highest BCUT2D eigenvalue weighted by molar-refractivity contribution is 6.30. The summed E-state index contributed by atoms with van der Waals surface area (Å²) in [5, 5.41) is 12.0. The number of urea groups is 1. The molecule has 8 heteroatoms. The Balaban J connectivity index is 1.35. The van der Waals surface area contributed by atoms with Crippen LogP contribution >= 0.6 is 11.6 Å². The van der Waals surface area contributed by atoms with Crippen molar-refractivity contribution in [2.24, 2.45) is 0 Å². The summed E-state index contributed by atoms with van der Waals surface area (Å²) in [4.78, 5) is 18.6. The molecule has 3 heterocycles. The molecule has 2 amide bonds. The van der Waals surface area contributed by atoms with Crippen molar-refractivity contribution >= 4 is 23.3 Å². The van der Waals surface area contributed by atoms with Crippen molar-refractivity contribution in [2.45, 2.75) is 18.9 Å². The number of aromatic nitrogens is 4. The van der Waals surface area contributed by atoms with Crippen LogP contribution in [0.4, 0.5) is 10.5 Å². The average Bonchev–Trinajstić information content (AvgIpc) is 3.19. The zero-order valence-corrected chi connectivity index (χ0v) is 15.4. The van der Waals surface area contributed by atoms with E-state index in [2.05, 4.69) is 20.6 Å². The number of hydrogen-bond donors (Lipinski definition) is 1. The van der Waals surface area contributed by atoms with E-state index in [-0.39, 0.29) is 12.1 Å². The standard InChI is InChI=1S/C19H19ClN6O/c20-14-4-3-5-15(12-14)22-19(27)25-10-7-16(8-11-25)26-13-18(23-24-26)17-6-1-2-9-21-17/h1-6,9,12-13,16H,7-8,10-11H2,(H,22,27). The number of amides is 2. The van der Waals surface area contributed by atoms with Crippen molar-refractivity contribution in [3.8, 4) is 11.4 Å². The van der Waals surface area contributed by atoms with Gasteiger partial charge < -0.3 is 10.2 Å². The first-order valence-electron chi connectivity index (χ1n) is 8.84. The van der Waals surface area contributed by atoms with E-state index in [1.807, 2.05) is 46.1 Å². The van der Waals surface area contributed by atoms with Gasteiger partial charge in [-0.15, -0.1) is 5.10 Å². The predicted molar refractivity (Wildman–Crippen MR) is 104 cm³/mol. The third kappa shape index (κ3) is 4.09. The van der Waals surface area contributed by atoms with Crippen molar-refractivity contribution < 1.29 is 4.79 Å². The lowest BCUT2D eigenvalue weighted by molar-refractivity contribution is 0.179. The summed E-state index contributed by atoms with van der Waals surface area (Å²) in [6.07, 6.45) is 5.32. The molecule has 1 aromatic carbocycles. The lowest BCUT2D eigenvalue weighted by atomic mass is 10.1. The molecule has 1 fully saturated rings. The number of nitrogens with one attached hydrogen (secondary N) is 1. The van der Waals surface area contributed by atoms with Gasteiger partial charge in [0.2, 0.25) is 0 Å². The van der Waals surface area contributed by atoms with Crippen LogP contribution in [0, 0.1) is 0 Å². The first kappa shape index (κ1) is 17.5. The summed E-state index contributed by atoms with van der Waals surface area (Å²) in [6, 6.07) is 13.0. The van der Waals surface area contributed by atoms with Crippen molar-refractivity contribution in [1.82, 2.24) is 24.9 Å². The Hall–Kier alpha value is -2.93. The summed E-state index contributed by atoms with van der Waals surface area (Å²) in [5.74, 6) is 0. The number of carbonyl (C=O) groups excluding carboxylic acids is 1. The van der Waals surface area contributed by atoms with Crippen LogP contribution in [0.25, 0.3) is 11.4 Å². The summed E-state index contributed by atoms with van der Waals surface area (Å²) in [7, 11) is 0. The minimum Gasteiger partial charge on any atom is -0.324 e. The van der Waals surface area contributed by atoms with Crippen molar-refractivity contribution in [3.05, 3.63) is 59.9 Å². The SMILES string of the molecule is O=C(Nc1cccc(Cl)c1)N1CCC(n2cc(-c3ccccn3)nn2)CC1. The molecule has 3 aromatic rings. The van der Waals surface area contributed by atoms with Crippen LogP contribution in [0.5, 0.6) is 0 Å². The number of benzene rings is 1. The van der Waals surface area contributed by atoms with Gasteiger partial charge in [-0.3, -0.25) is 4.98 Å². The van der Waals surface area contributed by atoms with Gasteiger partial charge in [-0.25, -0.2) is 9.48 Å². The van der Waals surface area contributed by atoms with E-state index in [0.29, 0.717) is 23.8 Å². The summed E-state index contributed by atoms with van der Waals surface area (Å²) in [6.45, 7) is 1.33. The lowest BCUT2D eigenvalue weighted by Gasteiger charge is -2.31. The molecule has 2 aromatic heterocycles. The maximum Gasteiger partial charge on any atom is 0.321 e. The maximum absolute atomic E-state index is 12.4. The number of halogens is 1. The molecule has 1 aliphatic rings. The largest absolute Gasteiger partial charge is 0.324 e. The molecular weight excluding hydrogens is 364 g/mol. The molecule has 0 atom stereocenters. The van der Waals surface area contributed by atoms with Crippen LogP contribution < -0.4 is 5.32 Å². The van der Waals surface area contributed by atoms with Gasteiger partial charge in [-0.05, 0) is 43.2 Å². The maximum atomic E-state index is 12.4. The number of carbonyl (C=O) groups is 1. The molecule has 138 valence electrons. The number of piperidine rings is 1. The monoisotopic (exact) mass is 382 g/mol. The molecule has 0 radical (unpaired) electrons. The van der Waals surface area contributed by atoms with Gasteiger partial charge in [0, 0.05) is 30.0 Å². The van der Waals surface area contributed by atoms with Crippen LogP contribution in [0.15, 0.2) is 54.9 Å². The van der Waals surface area contributed by atoms with E-state index in [0.717, 1.165) is 24.2 Å². The second-order valence-corrected chi connectivity index (χ2v) is 6.89. The van der Waals surface area contributed by atoms with Crippen LogP contribution in [0.2, 0.25) is 5.02 Å². The highest BCUT2D eigenvalue weighted by Crippen LogP contribution is 2.24. The Morgan fingerprint density at radius 1 is 1.11 bits per heavy atom. The van der Waals surface area contributed by atoms with Crippen LogP contribution in [-0.2, 0) is 0 Å². The normalized spacial score (nSPS) is 14.9. The Labute approximate surface area is 162 Å². The van der Waals surface area contributed by atoms with Gasteiger partial charge in [-0.1, -0.05) is 28.9 Å². The van der Waals surface area contributed by atoms with Gasteiger partial charge in [0.25, 0.3) is 0 Å². The summed E-state index contributed by atoms with van der Waals surface area (Å²) < 4.78 is 1.89. The zero-order chi connectivity index (χ0) is 18.6. The van der Waals surface area contributed by atoms with Gasteiger partial charge in [0.1, 0.15) is 5.69 Å². The van der Waals surface area contributed by atoms with Gasteiger partial charge in [0.15, 0.2) is 0 Å². The van der Waals surface area contributed by atoms with Gasteiger partial charge in [-0.2, -0.15) is 0 Å². The molecule has 1 aliphatic heterocycles. The Kier molecular flexibility index (Phi) is 5.02. The third-order valence-corrected chi connectivity index (χ3v) is 4.87. The highest BCUT2D eigenvalue weighted by atomic mass is 35.5. The molecule has 0 aliphatic carbocycles. The number of anilines is 1. The van der Waals surface area contributed by atoms with Gasteiger partial charge in [0.05, 0.1) is 17.9 Å². The first-order valence-corrected chi connectivity index (χ1v) is 9.21. The number of likely N-dealkylation sites (tertiary alicyclic amines) is 1. The summed E-state index contributed by atoms with van der Waals surface area (Å²) in [5.41, 5.74) is 2.27. The predicted octanol–water partition coefficient (Wildman–Crippen LogP) is 3.86. The minimum atomic E-state index is -0.108. The fraction of sp³-hybridized carbons (Fsp3) is 0.263. The molecule has 1 N–H and O–H groups in total. The smallest absolute Gasteiger partial charge is 0.321 e. The zero-order valence-electron chi connectivity index (χ0n) is 14.6. The molecule has 7 nitrogen and oxygen atoms in total. The molecule has 0 bridgehead atoms. The van der Waals surface area contributed by atoms with E-state index >= 15 is 0 Å².